The number of para-hydroxylation sites is 1. The van der Waals surface area contributed by atoms with Gasteiger partial charge in [0.25, 0.3) is 5.91 Å². The fraction of sp³-hybridized carbons (Fsp3) is 0.370. The van der Waals surface area contributed by atoms with Gasteiger partial charge < -0.3 is 10.2 Å². The van der Waals surface area contributed by atoms with Crippen molar-refractivity contribution < 1.29 is 31.5 Å². The number of alkyl halides is 5. The highest BCUT2D eigenvalue weighted by atomic mass is 19.4. The third-order valence-corrected chi connectivity index (χ3v) is 7.19. The molecule has 5 rings (SSSR count). The lowest BCUT2D eigenvalue weighted by Crippen LogP contribution is -2.34. The zero-order valence-electron chi connectivity index (χ0n) is 20.3. The number of nitrogens with zero attached hydrogens (tertiary/aromatic N) is 3. The van der Waals surface area contributed by atoms with Crippen molar-refractivity contribution in [3.05, 3.63) is 66.2 Å². The van der Waals surface area contributed by atoms with Crippen molar-refractivity contribution in [1.82, 2.24) is 20.0 Å². The van der Waals surface area contributed by atoms with Crippen molar-refractivity contribution in [1.29, 1.82) is 0 Å². The van der Waals surface area contributed by atoms with Crippen LogP contribution in [0.1, 0.15) is 47.6 Å². The Balaban J connectivity index is 1.58. The fourth-order valence-corrected chi connectivity index (χ4v) is 5.28. The molecule has 1 aliphatic carbocycles. The van der Waals surface area contributed by atoms with Crippen molar-refractivity contribution in [3.63, 3.8) is 0 Å². The summed E-state index contributed by atoms with van der Waals surface area (Å²) in [5, 5.41) is 7.96. The van der Waals surface area contributed by atoms with Gasteiger partial charge in [0.1, 0.15) is 5.69 Å². The smallest absolute Gasteiger partial charge is 0.349 e. The molecule has 2 fully saturated rings. The van der Waals surface area contributed by atoms with E-state index >= 15 is 0 Å². The van der Waals surface area contributed by atoms with Crippen LogP contribution in [0.5, 0.6) is 0 Å². The van der Waals surface area contributed by atoms with Crippen LogP contribution in [0, 0.1) is 0 Å². The molecule has 2 amide bonds. The minimum atomic E-state index is -4.49. The fourth-order valence-electron chi connectivity index (χ4n) is 5.28. The normalized spacial score (nSPS) is 21.1. The SMILES string of the molecule is C=CC(=O)N1CCC(n2nc(-c3ccc(C(F)(F)F)cc3)c3cccc(C(=O)NC4CCC(F)(F)C4)c32)C1. The summed E-state index contributed by atoms with van der Waals surface area (Å²) >= 11 is 0. The number of rotatable bonds is 5. The molecule has 0 radical (unpaired) electrons. The van der Waals surface area contributed by atoms with E-state index < -0.39 is 36.0 Å². The summed E-state index contributed by atoms with van der Waals surface area (Å²) in [5.41, 5.74) is 0.656. The van der Waals surface area contributed by atoms with E-state index in [2.05, 4.69) is 11.9 Å². The van der Waals surface area contributed by atoms with E-state index in [1.807, 2.05) is 0 Å². The van der Waals surface area contributed by atoms with Crippen LogP contribution in [0.15, 0.2) is 55.1 Å². The van der Waals surface area contributed by atoms with Crippen LogP contribution in [0.2, 0.25) is 0 Å². The van der Waals surface area contributed by atoms with Gasteiger partial charge in [0.05, 0.1) is 22.7 Å². The molecule has 2 atom stereocenters. The number of carbonyl (C=O) groups is 2. The summed E-state index contributed by atoms with van der Waals surface area (Å²) in [6.45, 7) is 4.26. The second kappa shape index (κ2) is 9.52. The van der Waals surface area contributed by atoms with E-state index in [0.29, 0.717) is 41.7 Å². The standard InChI is InChI=1S/C27H25F5N4O2/c1-2-22(37)35-13-11-19(15-35)36-24-20(23(34-36)16-6-8-17(9-7-16)27(30,31)32)4-3-5-21(24)25(38)33-18-10-12-26(28,29)14-18/h2-9,18-19H,1,10-15H2,(H,33,38). The quantitative estimate of drug-likeness (QED) is 0.344. The van der Waals surface area contributed by atoms with Crippen molar-refractivity contribution in [2.75, 3.05) is 13.1 Å². The Kier molecular flexibility index (Phi) is 6.48. The molecular formula is C27H25F5N4O2. The molecule has 11 heteroatoms. The number of carbonyl (C=O) groups excluding carboxylic acids is 2. The minimum Gasteiger partial charge on any atom is -0.349 e. The van der Waals surface area contributed by atoms with E-state index in [-0.39, 0.29) is 30.4 Å². The Morgan fingerprint density at radius 3 is 2.47 bits per heavy atom. The first-order chi connectivity index (χ1) is 18.0. The molecule has 1 saturated carbocycles. The van der Waals surface area contributed by atoms with Crippen LogP contribution >= 0.6 is 0 Å². The zero-order valence-corrected chi connectivity index (χ0v) is 20.3. The van der Waals surface area contributed by atoms with Gasteiger partial charge in [-0.1, -0.05) is 30.8 Å². The molecule has 2 unspecified atom stereocenters. The van der Waals surface area contributed by atoms with Crippen LogP contribution < -0.4 is 5.32 Å². The maximum absolute atomic E-state index is 13.7. The van der Waals surface area contributed by atoms with E-state index in [1.165, 1.54) is 18.2 Å². The topological polar surface area (TPSA) is 67.2 Å². The molecule has 1 N–H and O–H groups in total. The van der Waals surface area contributed by atoms with Crippen LogP contribution in [0.3, 0.4) is 0 Å². The number of hydrogen-bond donors (Lipinski definition) is 1. The molecule has 2 heterocycles. The van der Waals surface area contributed by atoms with Crippen LogP contribution in [0.4, 0.5) is 22.0 Å². The summed E-state index contributed by atoms with van der Waals surface area (Å²) in [7, 11) is 0. The summed E-state index contributed by atoms with van der Waals surface area (Å²) in [6.07, 6.45) is -3.32. The third kappa shape index (κ3) is 4.89. The van der Waals surface area contributed by atoms with Crippen molar-refractivity contribution >= 4 is 22.7 Å². The van der Waals surface area contributed by atoms with Gasteiger partial charge in [0, 0.05) is 42.9 Å². The third-order valence-electron chi connectivity index (χ3n) is 7.19. The average molecular weight is 533 g/mol. The molecule has 38 heavy (non-hydrogen) atoms. The highest BCUT2D eigenvalue weighted by Crippen LogP contribution is 2.38. The molecule has 0 spiro atoms. The van der Waals surface area contributed by atoms with Gasteiger partial charge in [-0.05, 0) is 37.1 Å². The molecular weight excluding hydrogens is 507 g/mol. The largest absolute Gasteiger partial charge is 0.416 e. The summed E-state index contributed by atoms with van der Waals surface area (Å²) < 4.78 is 68.4. The number of fused-ring (bicyclic) bond motifs is 1. The van der Waals surface area contributed by atoms with Gasteiger partial charge in [0.15, 0.2) is 0 Å². The van der Waals surface area contributed by atoms with Crippen molar-refractivity contribution in [3.8, 4) is 11.3 Å². The Morgan fingerprint density at radius 1 is 1.11 bits per heavy atom. The lowest BCUT2D eigenvalue weighted by molar-refractivity contribution is -0.137. The monoisotopic (exact) mass is 532 g/mol. The molecule has 200 valence electrons. The predicted molar refractivity (Wildman–Crippen MR) is 131 cm³/mol. The summed E-state index contributed by atoms with van der Waals surface area (Å²) in [4.78, 5) is 27.1. The Bertz CT molecular complexity index is 1400. The van der Waals surface area contributed by atoms with Gasteiger partial charge in [-0.15, -0.1) is 0 Å². The number of halogens is 5. The Hall–Kier alpha value is -3.76. The molecule has 2 aromatic carbocycles. The number of likely N-dealkylation sites (tertiary alicyclic amines) is 1. The maximum atomic E-state index is 13.7. The van der Waals surface area contributed by atoms with Crippen molar-refractivity contribution in [2.24, 2.45) is 0 Å². The molecule has 1 aliphatic heterocycles. The molecule has 6 nitrogen and oxygen atoms in total. The molecule has 1 saturated heterocycles. The highest BCUT2D eigenvalue weighted by Gasteiger charge is 2.40. The maximum Gasteiger partial charge on any atom is 0.416 e. The predicted octanol–water partition coefficient (Wildman–Crippen LogP) is 5.60. The number of hydrogen-bond acceptors (Lipinski definition) is 3. The van der Waals surface area contributed by atoms with E-state index in [0.717, 1.165) is 12.1 Å². The number of nitrogens with one attached hydrogen (secondary N) is 1. The van der Waals surface area contributed by atoms with Gasteiger partial charge in [-0.2, -0.15) is 18.3 Å². The summed E-state index contributed by atoms with van der Waals surface area (Å²) in [6, 6.07) is 8.51. The van der Waals surface area contributed by atoms with Gasteiger partial charge in [0.2, 0.25) is 11.8 Å². The first-order valence-electron chi connectivity index (χ1n) is 12.3. The van der Waals surface area contributed by atoms with E-state index in [9.17, 15) is 31.5 Å². The first kappa shape index (κ1) is 25.9. The van der Waals surface area contributed by atoms with Crippen LogP contribution in [0.25, 0.3) is 22.2 Å². The van der Waals surface area contributed by atoms with Crippen LogP contribution in [-0.4, -0.2) is 51.5 Å². The van der Waals surface area contributed by atoms with Crippen LogP contribution in [-0.2, 0) is 11.0 Å². The summed E-state index contributed by atoms with van der Waals surface area (Å²) in [5.74, 6) is -3.60. The van der Waals surface area contributed by atoms with Crippen molar-refractivity contribution in [2.45, 2.75) is 49.9 Å². The lowest BCUT2D eigenvalue weighted by atomic mass is 10.0. The Morgan fingerprint density at radius 2 is 1.84 bits per heavy atom. The van der Waals surface area contributed by atoms with Gasteiger partial charge in [-0.25, -0.2) is 8.78 Å². The van der Waals surface area contributed by atoms with E-state index in [4.69, 9.17) is 5.10 Å². The van der Waals surface area contributed by atoms with E-state index in [1.54, 1.807) is 27.8 Å². The molecule has 1 aromatic heterocycles. The van der Waals surface area contributed by atoms with Gasteiger partial charge in [-0.3, -0.25) is 14.3 Å². The Labute approximate surface area is 215 Å². The number of amides is 2. The lowest BCUT2D eigenvalue weighted by Gasteiger charge is -2.17. The zero-order chi connectivity index (χ0) is 27.2. The molecule has 2 aliphatic rings. The first-order valence-corrected chi connectivity index (χ1v) is 12.3. The van der Waals surface area contributed by atoms with Gasteiger partial charge >= 0.3 is 6.18 Å². The number of aromatic nitrogens is 2. The second-order valence-electron chi connectivity index (χ2n) is 9.77. The highest BCUT2D eigenvalue weighted by molar-refractivity contribution is 6.09. The average Bonchev–Trinajstić information content (AvgIpc) is 3.59. The minimum absolute atomic E-state index is 0.159. The molecule has 3 aromatic rings. The molecule has 0 bridgehead atoms. The number of benzene rings is 2. The second-order valence-corrected chi connectivity index (χ2v) is 9.77.